The zero-order valence-electron chi connectivity index (χ0n) is 11.4. The molecule has 112 valence electrons. The molecule has 0 spiro atoms. The largest absolute Gasteiger partial charge is 0.451 e. The molecule has 0 aliphatic carbocycles. The molecule has 0 bridgehead atoms. The normalized spacial score (nSPS) is 11.3. The molecule has 0 saturated heterocycles. The van der Waals surface area contributed by atoms with Crippen LogP contribution in [0, 0.1) is 6.92 Å². The first-order valence-corrected chi connectivity index (χ1v) is 6.04. The molecule has 1 aromatic carbocycles. The van der Waals surface area contributed by atoms with Crippen molar-refractivity contribution in [3.05, 3.63) is 41.7 Å². The molecule has 0 aliphatic heterocycles. The first-order valence-electron chi connectivity index (χ1n) is 6.04. The number of nitrogens with zero attached hydrogens (tertiary/aromatic N) is 3. The van der Waals surface area contributed by atoms with Gasteiger partial charge in [-0.2, -0.15) is 13.2 Å². The lowest BCUT2D eigenvalue weighted by Crippen LogP contribution is -2.19. The monoisotopic (exact) mass is 297 g/mol. The number of benzene rings is 1. The van der Waals surface area contributed by atoms with E-state index in [1.54, 1.807) is 13.1 Å². The number of anilines is 3. The van der Waals surface area contributed by atoms with E-state index >= 15 is 0 Å². The molecule has 1 aromatic heterocycles. The molecular formula is C13H14F3N5. The predicted molar refractivity (Wildman–Crippen MR) is 74.1 cm³/mol. The summed E-state index contributed by atoms with van der Waals surface area (Å²) < 4.78 is 38.4. The van der Waals surface area contributed by atoms with E-state index < -0.39 is 12.0 Å². The summed E-state index contributed by atoms with van der Waals surface area (Å²) in [5, 5.41) is 0. The maximum Gasteiger partial charge on any atom is 0.451 e. The zero-order chi connectivity index (χ0) is 15.6. The van der Waals surface area contributed by atoms with Crippen LogP contribution in [-0.2, 0) is 6.18 Å². The first-order chi connectivity index (χ1) is 9.81. The molecule has 0 saturated carbocycles. The molecular weight excluding hydrogens is 283 g/mol. The highest BCUT2D eigenvalue weighted by atomic mass is 19.4. The molecule has 0 atom stereocenters. The summed E-state index contributed by atoms with van der Waals surface area (Å²) in [6, 6.07) is 8.67. The number of hydrogen-bond donors (Lipinski definition) is 2. The summed E-state index contributed by atoms with van der Waals surface area (Å²) >= 11 is 0. The molecule has 1 heterocycles. The average molecular weight is 297 g/mol. The van der Waals surface area contributed by atoms with Crippen molar-refractivity contribution in [3.8, 4) is 0 Å². The molecule has 0 amide bonds. The van der Waals surface area contributed by atoms with Crippen molar-refractivity contribution in [2.45, 2.75) is 13.1 Å². The third-order valence-corrected chi connectivity index (χ3v) is 2.85. The van der Waals surface area contributed by atoms with Gasteiger partial charge in [-0.1, -0.05) is 12.1 Å². The van der Waals surface area contributed by atoms with Crippen molar-refractivity contribution in [1.29, 1.82) is 0 Å². The second-order valence-electron chi connectivity index (χ2n) is 4.48. The van der Waals surface area contributed by atoms with Crippen molar-refractivity contribution in [3.63, 3.8) is 0 Å². The number of aromatic nitrogens is 2. The van der Waals surface area contributed by atoms with Crippen LogP contribution in [-0.4, -0.2) is 17.0 Å². The van der Waals surface area contributed by atoms with Crippen molar-refractivity contribution in [2.24, 2.45) is 5.84 Å². The van der Waals surface area contributed by atoms with Gasteiger partial charge in [-0.25, -0.2) is 15.8 Å². The summed E-state index contributed by atoms with van der Waals surface area (Å²) in [6.45, 7) is 1.89. The van der Waals surface area contributed by atoms with Crippen LogP contribution in [0.4, 0.5) is 30.5 Å². The topological polar surface area (TPSA) is 67.1 Å². The van der Waals surface area contributed by atoms with Gasteiger partial charge >= 0.3 is 6.18 Å². The number of hydrazine groups is 1. The summed E-state index contributed by atoms with van der Waals surface area (Å²) in [6.07, 6.45) is -4.64. The highest BCUT2D eigenvalue weighted by molar-refractivity contribution is 5.62. The number of halogens is 3. The Bertz CT molecular complexity index is 642. The molecule has 0 aliphatic rings. The molecule has 0 radical (unpaired) electrons. The minimum absolute atomic E-state index is 0.0934. The van der Waals surface area contributed by atoms with Crippen LogP contribution in [0.1, 0.15) is 11.4 Å². The average Bonchev–Trinajstić information content (AvgIpc) is 2.45. The lowest BCUT2D eigenvalue weighted by molar-refractivity contribution is -0.144. The Morgan fingerprint density at radius 3 is 2.48 bits per heavy atom. The van der Waals surface area contributed by atoms with E-state index in [1.807, 2.05) is 25.1 Å². The summed E-state index contributed by atoms with van der Waals surface area (Å²) in [5.41, 5.74) is 3.82. The Kier molecular flexibility index (Phi) is 3.99. The minimum Gasteiger partial charge on any atom is -0.329 e. The highest BCUT2D eigenvalue weighted by Crippen LogP contribution is 2.30. The number of nitrogen functional groups attached to an aromatic ring is 1. The van der Waals surface area contributed by atoms with Gasteiger partial charge in [0.05, 0.1) is 0 Å². The fraction of sp³-hybridized carbons (Fsp3) is 0.231. The number of alkyl halides is 3. The van der Waals surface area contributed by atoms with Crippen LogP contribution < -0.4 is 16.2 Å². The molecule has 0 unspecified atom stereocenters. The van der Waals surface area contributed by atoms with Gasteiger partial charge in [0.1, 0.15) is 11.6 Å². The van der Waals surface area contributed by atoms with Gasteiger partial charge in [-0.3, -0.25) is 0 Å². The molecule has 21 heavy (non-hydrogen) atoms. The Morgan fingerprint density at radius 1 is 1.19 bits per heavy atom. The van der Waals surface area contributed by atoms with E-state index in [0.29, 0.717) is 5.69 Å². The van der Waals surface area contributed by atoms with Gasteiger partial charge in [0, 0.05) is 18.8 Å². The van der Waals surface area contributed by atoms with Crippen molar-refractivity contribution < 1.29 is 13.2 Å². The van der Waals surface area contributed by atoms with Crippen LogP contribution in [0.5, 0.6) is 0 Å². The fourth-order valence-electron chi connectivity index (χ4n) is 1.78. The summed E-state index contributed by atoms with van der Waals surface area (Å²) in [5.74, 6) is 3.91. The van der Waals surface area contributed by atoms with Gasteiger partial charge in [0.15, 0.2) is 0 Å². The van der Waals surface area contributed by atoms with E-state index in [1.165, 1.54) is 11.0 Å². The minimum atomic E-state index is -4.64. The van der Waals surface area contributed by atoms with Gasteiger partial charge < -0.3 is 10.3 Å². The number of hydrogen-bond acceptors (Lipinski definition) is 5. The third kappa shape index (κ3) is 3.40. The van der Waals surface area contributed by atoms with Crippen molar-refractivity contribution >= 4 is 17.3 Å². The SMILES string of the molecule is Cc1cccc(N(C)c2cc(NN)nc(C(F)(F)F)n2)c1. The van der Waals surface area contributed by atoms with E-state index in [0.717, 1.165) is 5.56 Å². The first kappa shape index (κ1) is 15.0. The van der Waals surface area contributed by atoms with E-state index in [9.17, 15) is 13.2 Å². The van der Waals surface area contributed by atoms with Gasteiger partial charge in [0.25, 0.3) is 0 Å². The molecule has 5 nitrogen and oxygen atoms in total. The standard InChI is InChI=1S/C13H14F3N5/c1-8-4-3-5-9(6-8)21(2)11-7-10(20-17)18-12(19-11)13(14,15)16/h3-7H,17H2,1-2H3,(H,18,19,20). The fourth-order valence-corrected chi connectivity index (χ4v) is 1.78. The lowest BCUT2D eigenvalue weighted by atomic mass is 10.2. The van der Waals surface area contributed by atoms with Gasteiger partial charge in [-0.05, 0) is 24.6 Å². The van der Waals surface area contributed by atoms with Crippen molar-refractivity contribution in [2.75, 3.05) is 17.4 Å². The van der Waals surface area contributed by atoms with Crippen LogP contribution in [0.3, 0.4) is 0 Å². The van der Waals surface area contributed by atoms with Crippen LogP contribution in [0.2, 0.25) is 0 Å². The van der Waals surface area contributed by atoms with E-state index in [2.05, 4.69) is 15.4 Å². The summed E-state index contributed by atoms with van der Waals surface area (Å²) in [7, 11) is 1.62. The van der Waals surface area contributed by atoms with Gasteiger partial charge in [-0.15, -0.1) is 0 Å². The third-order valence-electron chi connectivity index (χ3n) is 2.85. The number of nitrogens with two attached hydrogens (primary N) is 1. The molecule has 8 heteroatoms. The second-order valence-corrected chi connectivity index (χ2v) is 4.48. The summed E-state index contributed by atoms with van der Waals surface area (Å²) in [4.78, 5) is 8.40. The highest BCUT2D eigenvalue weighted by Gasteiger charge is 2.35. The Labute approximate surface area is 119 Å². The Balaban J connectivity index is 2.47. The quantitative estimate of drug-likeness (QED) is 0.673. The van der Waals surface area contributed by atoms with Gasteiger partial charge in [0.2, 0.25) is 5.82 Å². The Hall–Kier alpha value is -2.35. The van der Waals surface area contributed by atoms with E-state index in [-0.39, 0.29) is 11.6 Å². The van der Waals surface area contributed by atoms with Crippen LogP contribution in [0.15, 0.2) is 30.3 Å². The molecule has 2 rings (SSSR count). The lowest BCUT2D eigenvalue weighted by Gasteiger charge is -2.20. The maximum atomic E-state index is 12.8. The molecule has 2 aromatic rings. The number of rotatable bonds is 3. The Morgan fingerprint density at radius 2 is 1.90 bits per heavy atom. The smallest absolute Gasteiger partial charge is 0.329 e. The van der Waals surface area contributed by atoms with Crippen LogP contribution >= 0.6 is 0 Å². The molecule has 3 N–H and O–H groups in total. The zero-order valence-corrected chi connectivity index (χ0v) is 11.4. The van der Waals surface area contributed by atoms with Crippen molar-refractivity contribution in [1.82, 2.24) is 9.97 Å². The number of aryl methyl sites for hydroxylation is 1. The molecule has 0 fully saturated rings. The number of nitrogens with one attached hydrogen (secondary N) is 1. The van der Waals surface area contributed by atoms with E-state index in [4.69, 9.17) is 5.84 Å². The van der Waals surface area contributed by atoms with Crippen LogP contribution in [0.25, 0.3) is 0 Å². The second kappa shape index (κ2) is 5.57. The maximum absolute atomic E-state index is 12.8. The predicted octanol–water partition coefficient (Wildman–Crippen LogP) is 2.86.